The van der Waals surface area contributed by atoms with Crippen LogP contribution < -0.4 is 16.0 Å². The van der Waals surface area contributed by atoms with E-state index in [1.165, 1.54) is 6.92 Å². The molecule has 0 bridgehead atoms. The highest BCUT2D eigenvalue weighted by Crippen LogP contribution is 2.34. The van der Waals surface area contributed by atoms with Gasteiger partial charge < -0.3 is 20.5 Å². The van der Waals surface area contributed by atoms with Crippen LogP contribution in [0.2, 0.25) is 0 Å². The molecule has 1 aromatic heterocycles. The Labute approximate surface area is 166 Å². The molecular weight excluding hydrogens is 358 g/mol. The first-order chi connectivity index (χ1) is 13.5. The van der Waals surface area contributed by atoms with Crippen LogP contribution in [0.15, 0.2) is 4.52 Å². The zero-order valence-electron chi connectivity index (χ0n) is 17.1. The van der Waals surface area contributed by atoms with Gasteiger partial charge in [0, 0.05) is 25.8 Å². The molecule has 156 valence electrons. The molecule has 8 heteroatoms. The van der Waals surface area contributed by atoms with E-state index < -0.39 is 5.54 Å². The molecule has 2 unspecified atom stereocenters. The number of nitrogens with one attached hydrogen (secondary N) is 3. The van der Waals surface area contributed by atoms with Crippen LogP contribution in [-0.2, 0) is 21.5 Å². The van der Waals surface area contributed by atoms with Gasteiger partial charge in [0.15, 0.2) is 5.82 Å². The zero-order valence-corrected chi connectivity index (χ0v) is 17.1. The van der Waals surface area contributed by atoms with Gasteiger partial charge in [-0.2, -0.15) is 4.98 Å². The average Bonchev–Trinajstić information content (AvgIpc) is 3.02. The molecule has 3 N–H and O–H groups in total. The highest BCUT2D eigenvalue weighted by Gasteiger charge is 2.38. The zero-order chi connectivity index (χ0) is 20.0. The van der Waals surface area contributed by atoms with Gasteiger partial charge >= 0.3 is 0 Å². The molecule has 8 nitrogen and oxygen atoms in total. The summed E-state index contributed by atoms with van der Waals surface area (Å²) in [7, 11) is 0. The maximum absolute atomic E-state index is 12.3. The molecule has 1 aromatic rings. The van der Waals surface area contributed by atoms with E-state index in [9.17, 15) is 9.59 Å². The van der Waals surface area contributed by atoms with E-state index in [4.69, 9.17) is 4.52 Å². The summed E-state index contributed by atoms with van der Waals surface area (Å²) in [5, 5.41) is 13.7. The maximum atomic E-state index is 12.3. The van der Waals surface area contributed by atoms with Crippen LogP contribution in [-0.4, -0.2) is 41.1 Å². The molecule has 0 aromatic carbocycles. The Morgan fingerprint density at radius 2 is 2.00 bits per heavy atom. The fraction of sp³-hybridized carbons (Fsp3) is 0.800. The van der Waals surface area contributed by atoms with Crippen LogP contribution in [0, 0.1) is 5.92 Å². The third-order valence-electron chi connectivity index (χ3n) is 5.97. The summed E-state index contributed by atoms with van der Waals surface area (Å²) in [5.41, 5.74) is -0.545. The van der Waals surface area contributed by atoms with Crippen molar-refractivity contribution in [2.75, 3.05) is 13.1 Å². The molecule has 1 saturated heterocycles. The van der Waals surface area contributed by atoms with Crippen LogP contribution in [0.3, 0.4) is 0 Å². The smallest absolute Gasteiger partial charge is 0.227 e. The minimum atomic E-state index is -0.545. The number of rotatable bonds is 6. The number of aromatic nitrogens is 2. The second-order valence-electron chi connectivity index (χ2n) is 8.33. The monoisotopic (exact) mass is 391 g/mol. The molecule has 2 fully saturated rings. The number of aryl methyl sites for hydroxylation is 1. The van der Waals surface area contributed by atoms with Crippen molar-refractivity contribution < 1.29 is 14.1 Å². The lowest BCUT2D eigenvalue weighted by molar-refractivity contribution is -0.122. The number of carbonyl (C=O) groups is 2. The Morgan fingerprint density at radius 1 is 1.25 bits per heavy atom. The molecule has 2 amide bonds. The molecule has 1 aliphatic heterocycles. The Morgan fingerprint density at radius 3 is 2.68 bits per heavy atom. The van der Waals surface area contributed by atoms with Crippen molar-refractivity contribution in [2.24, 2.45) is 5.92 Å². The van der Waals surface area contributed by atoms with E-state index in [2.05, 4.69) is 33.0 Å². The predicted octanol–water partition coefficient (Wildman–Crippen LogP) is 1.80. The number of amides is 2. The molecule has 2 atom stereocenters. The molecule has 1 aliphatic carbocycles. The van der Waals surface area contributed by atoms with Crippen molar-refractivity contribution in [3.05, 3.63) is 11.7 Å². The number of hydrogen-bond acceptors (Lipinski definition) is 6. The third kappa shape index (κ3) is 5.31. The minimum absolute atomic E-state index is 0.0181. The van der Waals surface area contributed by atoms with Gasteiger partial charge in [0.25, 0.3) is 0 Å². The maximum Gasteiger partial charge on any atom is 0.227 e. The highest BCUT2D eigenvalue weighted by atomic mass is 16.5. The first-order valence-electron chi connectivity index (χ1n) is 10.6. The summed E-state index contributed by atoms with van der Waals surface area (Å²) in [5.74, 6) is 1.37. The normalized spacial score (nSPS) is 24.9. The Hall–Kier alpha value is -1.96. The Bertz CT molecular complexity index is 667. The molecular formula is C20H33N5O3. The highest BCUT2D eigenvalue weighted by molar-refractivity contribution is 5.76. The van der Waals surface area contributed by atoms with Gasteiger partial charge in [-0.25, -0.2) is 0 Å². The molecule has 3 rings (SSSR count). The summed E-state index contributed by atoms with van der Waals surface area (Å²) in [6, 6.07) is 0.223. The van der Waals surface area contributed by atoms with Gasteiger partial charge in [0.1, 0.15) is 5.54 Å². The quantitative estimate of drug-likeness (QED) is 0.638. The van der Waals surface area contributed by atoms with E-state index in [0.29, 0.717) is 30.5 Å². The lowest BCUT2D eigenvalue weighted by Crippen LogP contribution is -2.48. The van der Waals surface area contributed by atoms with E-state index in [-0.39, 0.29) is 17.9 Å². The standard InChI is InChI=1S/C20H33N5O3/c1-14-13-21-12-9-16(14)22-17(27)7-8-18-23-19(25-28-18)20(24-15(2)26)10-5-3-4-6-11-20/h14,16,21H,3-13H2,1-2H3,(H,22,27)(H,24,26). The fourth-order valence-corrected chi connectivity index (χ4v) is 4.35. The van der Waals surface area contributed by atoms with Crippen LogP contribution in [0.5, 0.6) is 0 Å². The third-order valence-corrected chi connectivity index (χ3v) is 5.97. The molecule has 28 heavy (non-hydrogen) atoms. The Balaban J connectivity index is 1.59. The van der Waals surface area contributed by atoms with Gasteiger partial charge in [-0.3, -0.25) is 9.59 Å². The summed E-state index contributed by atoms with van der Waals surface area (Å²) >= 11 is 0. The van der Waals surface area contributed by atoms with Gasteiger partial charge in [-0.1, -0.05) is 37.8 Å². The van der Waals surface area contributed by atoms with Gasteiger partial charge in [-0.15, -0.1) is 0 Å². The van der Waals surface area contributed by atoms with Crippen molar-refractivity contribution in [3.63, 3.8) is 0 Å². The first-order valence-corrected chi connectivity index (χ1v) is 10.6. The lowest BCUT2D eigenvalue weighted by atomic mass is 9.89. The first kappa shape index (κ1) is 20.8. The van der Waals surface area contributed by atoms with Crippen LogP contribution >= 0.6 is 0 Å². The van der Waals surface area contributed by atoms with E-state index in [1.54, 1.807) is 0 Å². The van der Waals surface area contributed by atoms with Crippen molar-refractivity contribution in [3.8, 4) is 0 Å². The number of carbonyl (C=O) groups excluding carboxylic acids is 2. The summed E-state index contributed by atoms with van der Waals surface area (Å²) in [6.07, 6.45) is 7.69. The van der Waals surface area contributed by atoms with E-state index in [1.807, 2.05) is 0 Å². The van der Waals surface area contributed by atoms with Crippen molar-refractivity contribution in [1.82, 2.24) is 26.1 Å². The van der Waals surface area contributed by atoms with E-state index >= 15 is 0 Å². The van der Waals surface area contributed by atoms with Crippen molar-refractivity contribution in [1.29, 1.82) is 0 Å². The molecule has 1 saturated carbocycles. The van der Waals surface area contributed by atoms with Gasteiger partial charge in [0.05, 0.1) is 0 Å². The fourth-order valence-electron chi connectivity index (χ4n) is 4.35. The largest absolute Gasteiger partial charge is 0.353 e. The topological polar surface area (TPSA) is 109 Å². The SMILES string of the molecule is CC(=O)NC1(c2noc(CCC(=O)NC3CCNCC3C)n2)CCCCCC1. The van der Waals surface area contributed by atoms with Crippen molar-refractivity contribution in [2.45, 2.75) is 83.2 Å². The molecule has 2 aliphatic rings. The number of piperidine rings is 1. The molecule has 0 radical (unpaired) electrons. The van der Waals surface area contributed by atoms with E-state index in [0.717, 1.165) is 58.0 Å². The summed E-state index contributed by atoms with van der Waals surface area (Å²) in [6.45, 7) is 5.55. The second kappa shape index (κ2) is 9.49. The lowest BCUT2D eigenvalue weighted by Gasteiger charge is -2.30. The van der Waals surface area contributed by atoms with Gasteiger partial charge in [-0.05, 0) is 38.3 Å². The van der Waals surface area contributed by atoms with Gasteiger partial charge in [0.2, 0.25) is 17.7 Å². The average molecular weight is 392 g/mol. The second-order valence-corrected chi connectivity index (χ2v) is 8.33. The van der Waals surface area contributed by atoms with Crippen molar-refractivity contribution >= 4 is 11.8 Å². The summed E-state index contributed by atoms with van der Waals surface area (Å²) < 4.78 is 5.42. The Kier molecular flexibility index (Phi) is 7.04. The molecule has 0 spiro atoms. The van der Waals surface area contributed by atoms with Crippen LogP contribution in [0.4, 0.5) is 0 Å². The predicted molar refractivity (Wildman–Crippen MR) is 104 cm³/mol. The number of hydrogen-bond donors (Lipinski definition) is 3. The van der Waals surface area contributed by atoms with Crippen LogP contribution in [0.25, 0.3) is 0 Å². The minimum Gasteiger partial charge on any atom is -0.353 e. The summed E-state index contributed by atoms with van der Waals surface area (Å²) in [4.78, 5) is 28.7. The number of nitrogens with zero attached hydrogens (tertiary/aromatic N) is 2. The van der Waals surface area contributed by atoms with Crippen LogP contribution in [0.1, 0.15) is 76.9 Å². The molecule has 2 heterocycles.